The lowest BCUT2D eigenvalue weighted by Crippen LogP contribution is -2.49. The minimum absolute atomic E-state index is 0.0561. The summed E-state index contributed by atoms with van der Waals surface area (Å²) in [4.78, 5) is 35.9. The SMILES string of the molecule is CC(=O)OC[C@H]1CC(=O)C2CCC3C(CCC4=CC(=O)C=C(C)C43C)C21. The van der Waals surface area contributed by atoms with E-state index in [0.717, 1.165) is 25.7 Å². The maximum Gasteiger partial charge on any atom is 0.302 e. The molecule has 0 amide bonds. The summed E-state index contributed by atoms with van der Waals surface area (Å²) in [5.74, 6) is 1.78. The summed E-state index contributed by atoms with van der Waals surface area (Å²) in [6.07, 6.45) is 8.17. The molecule has 4 aliphatic rings. The molecule has 0 bridgehead atoms. The first-order chi connectivity index (χ1) is 12.3. The van der Waals surface area contributed by atoms with Gasteiger partial charge in [-0.2, -0.15) is 0 Å². The number of carbonyl (C=O) groups is 3. The first kappa shape index (κ1) is 17.7. The summed E-state index contributed by atoms with van der Waals surface area (Å²) in [7, 11) is 0. The summed E-state index contributed by atoms with van der Waals surface area (Å²) in [6.45, 7) is 6.20. The fourth-order valence-corrected chi connectivity index (χ4v) is 6.60. The van der Waals surface area contributed by atoms with Gasteiger partial charge in [0.25, 0.3) is 0 Å². The van der Waals surface area contributed by atoms with E-state index in [4.69, 9.17) is 4.74 Å². The number of hydrogen-bond acceptors (Lipinski definition) is 4. The van der Waals surface area contributed by atoms with Gasteiger partial charge in [0.2, 0.25) is 0 Å². The number of ether oxygens (including phenoxy) is 1. The second-order valence-corrected chi connectivity index (χ2v) is 8.90. The van der Waals surface area contributed by atoms with Crippen LogP contribution in [-0.2, 0) is 19.1 Å². The molecule has 0 heterocycles. The van der Waals surface area contributed by atoms with Gasteiger partial charge in [0, 0.05) is 30.6 Å². The van der Waals surface area contributed by atoms with E-state index in [0.29, 0.717) is 36.6 Å². The zero-order valence-corrected chi connectivity index (χ0v) is 15.9. The summed E-state index contributed by atoms with van der Waals surface area (Å²) >= 11 is 0. The van der Waals surface area contributed by atoms with Crippen LogP contribution in [-0.4, -0.2) is 24.1 Å². The Labute approximate surface area is 155 Å². The van der Waals surface area contributed by atoms with Crippen LogP contribution in [0.4, 0.5) is 0 Å². The predicted molar refractivity (Wildman–Crippen MR) is 97.1 cm³/mol. The first-order valence-electron chi connectivity index (χ1n) is 9.92. The molecule has 0 saturated heterocycles. The molecule has 4 rings (SSSR count). The number of fused-ring (bicyclic) bond motifs is 5. The third-order valence-electron chi connectivity index (χ3n) is 7.84. The molecule has 0 aromatic rings. The van der Waals surface area contributed by atoms with E-state index in [1.165, 1.54) is 18.1 Å². The third kappa shape index (κ3) is 2.52. The van der Waals surface area contributed by atoms with Gasteiger partial charge in [0.1, 0.15) is 5.78 Å². The van der Waals surface area contributed by atoms with Crippen LogP contribution in [0.1, 0.15) is 52.9 Å². The lowest BCUT2D eigenvalue weighted by Gasteiger charge is -2.55. The minimum Gasteiger partial charge on any atom is -0.466 e. The fraction of sp³-hybridized carbons (Fsp3) is 0.682. The topological polar surface area (TPSA) is 60.4 Å². The number of Topliss-reactive ketones (excluding diaryl/α,β-unsaturated/α-hetero) is 1. The molecular formula is C22H28O4. The normalized spacial score (nSPS) is 41.6. The molecule has 140 valence electrons. The van der Waals surface area contributed by atoms with Gasteiger partial charge < -0.3 is 4.74 Å². The molecule has 0 aromatic carbocycles. The average molecular weight is 356 g/mol. The van der Waals surface area contributed by atoms with Crippen molar-refractivity contribution in [3.63, 3.8) is 0 Å². The average Bonchev–Trinajstić information content (AvgIpc) is 2.91. The molecule has 3 fully saturated rings. The summed E-state index contributed by atoms with van der Waals surface area (Å²) < 4.78 is 5.31. The second-order valence-electron chi connectivity index (χ2n) is 8.90. The highest BCUT2D eigenvalue weighted by atomic mass is 16.5. The zero-order chi connectivity index (χ0) is 18.6. The van der Waals surface area contributed by atoms with E-state index in [1.54, 1.807) is 6.08 Å². The minimum atomic E-state index is -0.265. The Morgan fingerprint density at radius 2 is 2.00 bits per heavy atom. The van der Waals surface area contributed by atoms with Crippen LogP contribution in [0.25, 0.3) is 0 Å². The van der Waals surface area contributed by atoms with Crippen LogP contribution in [0.5, 0.6) is 0 Å². The highest BCUT2D eigenvalue weighted by Gasteiger charge is 2.57. The highest BCUT2D eigenvalue weighted by molar-refractivity contribution is 6.02. The lowest BCUT2D eigenvalue weighted by molar-refractivity contribution is -0.143. The Morgan fingerprint density at radius 3 is 2.73 bits per heavy atom. The Hall–Kier alpha value is -1.71. The fourth-order valence-electron chi connectivity index (χ4n) is 6.60. The van der Waals surface area contributed by atoms with Crippen LogP contribution in [0, 0.1) is 35.0 Å². The molecular weight excluding hydrogens is 328 g/mol. The van der Waals surface area contributed by atoms with Crippen LogP contribution >= 0.6 is 0 Å². The molecule has 5 unspecified atom stereocenters. The quantitative estimate of drug-likeness (QED) is 0.709. The van der Waals surface area contributed by atoms with Gasteiger partial charge >= 0.3 is 5.97 Å². The van der Waals surface area contributed by atoms with E-state index in [-0.39, 0.29) is 29.0 Å². The largest absolute Gasteiger partial charge is 0.466 e. The predicted octanol–water partition coefficient (Wildman–Crippen LogP) is 3.65. The van der Waals surface area contributed by atoms with Gasteiger partial charge in [-0.15, -0.1) is 0 Å². The van der Waals surface area contributed by atoms with Gasteiger partial charge in [-0.25, -0.2) is 0 Å². The number of ketones is 2. The zero-order valence-electron chi connectivity index (χ0n) is 15.9. The second kappa shape index (κ2) is 6.17. The third-order valence-corrected chi connectivity index (χ3v) is 7.84. The molecule has 0 radical (unpaired) electrons. The highest BCUT2D eigenvalue weighted by Crippen LogP contribution is 2.62. The maximum atomic E-state index is 12.6. The van der Waals surface area contributed by atoms with Crippen molar-refractivity contribution in [2.75, 3.05) is 6.61 Å². The Bertz CT molecular complexity index is 730. The van der Waals surface area contributed by atoms with E-state index in [9.17, 15) is 14.4 Å². The van der Waals surface area contributed by atoms with Crippen molar-refractivity contribution in [2.24, 2.45) is 35.0 Å². The Kier molecular flexibility index (Phi) is 4.20. The molecule has 0 aromatic heterocycles. The van der Waals surface area contributed by atoms with Gasteiger partial charge in [0.05, 0.1) is 6.61 Å². The van der Waals surface area contributed by atoms with Gasteiger partial charge in [-0.3, -0.25) is 14.4 Å². The van der Waals surface area contributed by atoms with Crippen molar-refractivity contribution in [3.8, 4) is 0 Å². The molecule has 0 N–H and O–H groups in total. The lowest BCUT2D eigenvalue weighted by atomic mass is 9.49. The number of carbonyl (C=O) groups excluding carboxylic acids is 3. The van der Waals surface area contributed by atoms with Crippen molar-refractivity contribution >= 4 is 17.5 Å². The first-order valence-corrected chi connectivity index (χ1v) is 9.92. The van der Waals surface area contributed by atoms with Crippen molar-refractivity contribution < 1.29 is 19.1 Å². The molecule has 26 heavy (non-hydrogen) atoms. The van der Waals surface area contributed by atoms with Gasteiger partial charge in [-0.1, -0.05) is 18.1 Å². The molecule has 0 spiro atoms. The smallest absolute Gasteiger partial charge is 0.302 e. The molecule has 4 heteroatoms. The van der Waals surface area contributed by atoms with Crippen LogP contribution in [0.15, 0.2) is 23.3 Å². The molecule has 0 aliphatic heterocycles. The number of rotatable bonds is 2. The van der Waals surface area contributed by atoms with E-state index < -0.39 is 0 Å². The van der Waals surface area contributed by atoms with E-state index in [2.05, 4.69) is 13.8 Å². The molecule has 6 atom stereocenters. The van der Waals surface area contributed by atoms with Crippen molar-refractivity contribution in [3.05, 3.63) is 23.3 Å². The summed E-state index contributed by atoms with van der Waals surface area (Å²) in [5.41, 5.74) is 2.40. The number of esters is 1. The van der Waals surface area contributed by atoms with Crippen LogP contribution < -0.4 is 0 Å². The molecule has 4 aliphatic carbocycles. The monoisotopic (exact) mass is 356 g/mol. The van der Waals surface area contributed by atoms with Gasteiger partial charge in [-0.05, 0) is 62.5 Å². The van der Waals surface area contributed by atoms with Crippen LogP contribution in [0.2, 0.25) is 0 Å². The van der Waals surface area contributed by atoms with Gasteiger partial charge in [0.15, 0.2) is 5.78 Å². The Morgan fingerprint density at radius 1 is 1.23 bits per heavy atom. The number of allylic oxidation sites excluding steroid dienone is 4. The molecule has 3 saturated carbocycles. The van der Waals surface area contributed by atoms with Crippen molar-refractivity contribution in [1.29, 1.82) is 0 Å². The summed E-state index contributed by atoms with van der Waals surface area (Å²) in [6, 6.07) is 0. The van der Waals surface area contributed by atoms with Crippen molar-refractivity contribution in [1.82, 2.24) is 0 Å². The molecule has 4 nitrogen and oxygen atoms in total. The summed E-state index contributed by atoms with van der Waals surface area (Å²) in [5, 5.41) is 0. The maximum absolute atomic E-state index is 12.6. The van der Waals surface area contributed by atoms with Crippen LogP contribution in [0.3, 0.4) is 0 Å². The standard InChI is InChI=1S/C22H28O4/c1-12-8-16(24)10-15-4-5-17-19(22(12,15)3)7-6-18-20(25)9-14(21(17)18)11-26-13(2)23/h8,10,14,17-19,21H,4-7,9,11H2,1-3H3/t14-,17?,18?,19?,21?,22?/m1/s1. The van der Waals surface area contributed by atoms with E-state index in [1.807, 2.05) is 6.08 Å². The van der Waals surface area contributed by atoms with E-state index >= 15 is 0 Å². The number of hydrogen-bond donors (Lipinski definition) is 0. The van der Waals surface area contributed by atoms with Crippen molar-refractivity contribution in [2.45, 2.75) is 52.9 Å². The Balaban J connectivity index is 1.66.